The van der Waals surface area contributed by atoms with E-state index in [9.17, 15) is 30.7 Å². The maximum atomic E-state index is 16.1. The van der Waals surface area contributed by atoms with Crippen molar-refractivity contribution in [3.63, 3.8) is 0 Å². The minimum Gasteiger partial charge on any atom is -0.467 e. The smallest absolute Gasteiger partial charge is 0.425 e. The first-order chi connectivity index (χ1) is 23.3. The number of pyridine rings is 1. The summed E-state index contributed by atoms with van der Waals surface area (Å²) in [6.07, 6.45) is -8.85. The Balaban J connectivity index is 0.000000416. The lowest BCUT2D eigenvalue weighted by molar-refractivity contribution is -0.196. The van der Waals surface area contributed by atoms with Crippen LogP contribution in [-0.4, -0.2) is 90.6 Å². The number of methoxy groups -OCH3 is 1. The highest BCUT2D eigenvalue weighted by Crippen LogP contribution is 2.41. The first kappa shape index (κ1) is 38.1. The van der Waals surface area contributed by atoms with E-state index in [2.05, 4.69) is 30.5 Å². The van der Waals surface area contributed by atoms with Crippen molar-refractivity contribution in [1.82, 2.24) is 25.2 Å². The minimum absolute atomic E-state index is 0.0688. The van der Waals surface area contributed by atoms with Gasteiger partial charge in [0.25, 0.3) is 0 Å². The maximum Gasteiger partial charge on any atom is 0.425 e. The number of ether oxygens (including phenoxy) is 2. The number of nitrogen functional groups attached to an aromatic ring is 1. The van der Waals surface area contributed by atoms with E-state index in [1.54, 1.807) is 0 Å². The van der Waals surface area contributed by atoms with Crippen molar-refractivity contribution in [2.45, 2.75) is 83.8 Å². The number of hydrogen-bond donors (Lipinski definition) is 3. The first-order valence-electron chi connectivity index (χ1n) is 16.2. The number of halogens is 8. The second-order valence-electron chi connectivity index (χ2n) is 11.6. The monoisotopic (exact) mass is 707 g/mol. The van der Waals surface area contributed by atoms with Crippen molar-refractivity contribution in [2.75, 3.05) is 50.9 Å². The van der Waals surface area contributed by atoms with E-state index >= 15 is 4.39 Å². The van der Waals surface area contributed by atoms with Gasteiger partial charge in [0.2, 0.25) is 12.3 Å². The summed E-state index contributed by atoms with van der Waals surface area (Å²) < 4.78 is 122. The summed E-state index contributed by atoms with van der Waals surface area (Å²) in [5.41, 5.74) is 3.02. The summed E-state index contributed by atoms with van der Waals surface area (Å²) in [6, 6.07) is 1.18. The van der Waals surface area contributed by atoms with E-state index < -0.39 is 72.1 Å². The quantitative estimate of drug-likeness (QED) is 0.204. The average molecular weight is 708 g/mol. The van der Waals surface area contributed by atoms with Gasteiger partial charge in [-0.05, 0) is 56.5 Å². The predicted molar refractivity (Wildman–Crippen MR) is 170 cm³/mol. The molecule has 0 aliphatic carbocycles. The molecule has 2 fully saturated rings. The van der Waals surface area contributed by atoms with Crippen LogP contribution < -0.4 is 25.8 Å². The van der Waals surface area contributed by atoms with Crippen LogP contribution in [0.15, 0.2) is 6.07 Å². The number of nitrogens with two attached hydrogens (primary N) is 1. The highest BCUT2D eigenvalue weighted by atomic mass is 19.4. The molecule has 49 heavy (non-hydrogen) atoms. The number of benzene rings is 1. The molecule has 3 aliphatic rings. The molecule has 3 atom stereocenters. The molecule has 0 saturated carbocycles. The molecule has 3 unspecified atom stereocenters. The van der Waals surface area contributed by atoms with Gasteiger partial charge in [-0.25, -0.2) is 26.9 Å². The van der Waals surface area contributed by atoms with Crippen LogP contribution >= 0.6 is 0 Å². The molecule has 2 saturated heterocycles. The van der Waals surface area contributed by atoms with Gasteiger partial charge in [0.1, 0.15) is 34.4 Å². The lowest BCUT2D eigenvalue weighted by Crippen LogP contribution is -2.37. The normalized spacial score (nSPS) is 21.0. The molecule has 9 nitrogen and oxygen atoms in total. The third kappa shape index (κ3) is 8.71. The third-order valence-corrected chi connectivity index (χ3v) is 8.44. The molecule has 0 radical (unpaired) electrons. The zero-order chi connectivity index (χ0) is 36.0. The van der Waals surface area contributed by atoms with E-state index in [0.717, 1.165) is 19.0 Å². The number of fused-ring (bicyclic) bond motifs is 1. The molecule has 0 spiro atoms. The number of nitrogens with one attached hydrogen (secondary N) is 2. The Morgan fingerprint density at radius 2 is 1.82 bits per heavy atom. The molecule has 3 aromatic rings. The lowest BCUT2D eigenvalue weighted by atomic mass is 9.94. The van der Waals surface area contributed by atoms with Gasteiger partial charge >= 0.3 is 12.2 Å². The predicted octanol–water partition coefficient (Wildman–Crippen LogP) is 6.61. The van der Waals surface area contributed by atoms with Gasteiger partial charge in [-0.2, -0.15) is 23.1 Å². The highest BCUT2D eigenvalue weighted by Gasteiger charge is 2.42. The van der Waals surface area contributed by atoms with E-state index in [1.165, 1.54) is 26.9 Å². The van der Waals surface area contributed by atoms with E-state index in [0.29, 0.717) is 12.6 Å². The summed E-state index contributed by atoms with van der Waals surface area (Å²) in [5, 5.41) is 5.39. The van der Waals surface area contributed by atoms with Gasteiger partial charge in [-0.1, -0.05) is 13.8 Å². The van der Waals surface area contributed by atoms with Crippen molar-refractivity contribution < 1.29 is 44.6 Å². The Kier molecular flexibility index (Phi) is 12.7. The van der Waals surface area contributed by atoms with E-state index in [1.807, 2.05) is 13.8 Å². The molecule has 5 heterocycles. The topological polar surface area (TPSA) is 110 Å². The summed E-state index contributed by atoms with van der Waals surface area (Å²) in [7, 11) is 1.20. The second-order valence-corrected chi connectivity index (χ2v) is 11.6. The Morgan fingerprint density at radius 3 is 2.47 bits per heavy atom. The summed E-state index contributed by atoms with van der Waals surface area (Å²) in [4.78, 5) is 14.3. The van der Waals surface area contributed by atoms with Crippen molar-refractivity contribution >= 4 is 22.4 Å². The van der Waals surface area contributed by atoms with Gasteiger partial charge in [-0.3, -0.25) is 4.90 Å². The Labute approximate surface area is 279 Å². The molecular weight excluding hydrogens is 666 g/mol. The van der Waals surface area contributed by atoms with Crippen molar-refractivity contribution in [3.05, 3.63) is 28.8 Å². The number of aromatic nitrogens is 3. The lowest BCUT2D eigenvalue weighted by Gasteiger charge is -2.23. The molecule has 1 aromatic carbocycles. The van der Waals surface area contributed by atoms with Crippen LogP contribution in [0.25, 0.3) is 22.2 Å². The zero-order valence-electron chi connectivity index (χ0n) is 27.7. The van der Waals surface area contributed by atoms with Gasteiger partial charge in [0.15, 0.2) is 11.9 Å². The number of nitrogens with zero attached hydrogens (tertiary/aromatic N) is 4. The molecule has 3 aliphatic heterocycles. The van der Waals surface area contributed by atoms with Crippen LogP contribution in [0.3, 0.4) is 0 Å². The third-order valence-electron chi connectivity index (χ3n) is 8.44. The maximum absolute atomic E-state index is 16.1. The number of anilines is 2. The summed E-state index contributed by atoms with van der Waals surface area (Å²) in [5.74, 6) is -3.00. The Bertz CT molecular complexity index is 1580. The Hall–Kier alpha value is -3.73. The van der Waals surface area contributed by atoms with E-state index in [4.69, 9.17) is 15.2 Å². The summed E-state index contributed by atoms with van der Waals surface area (Å²) >= 11 is 0. The zero-order valence-corrected chi connectivity index (χ0v) is 27.7. The Morgan fingerprint density at radius 1 is 1.08 bits per heavy atom. The fraction of sp³-hybridized carbons (Fsp3) is 0.594. The fourth-order valence-electron chi connectivity index (χ4n) is 6.17. The largest absolute Gasteiger partial charge is 0.467 e. The van der Waals surface area contributed by atoms with Crippen LogP contribution in [-0.2, 0) is 6.42 Å². The average Bonchev–Trinajstić information content (AvgIpc) is 3.63. The SMILES string of the molecule is CC.COc1nc2c3c(nc(-c4cc(N)c(F)c(C)c4CC(F)F)c(F)c3n1)OC(C(F)(F)F)CCNCCN2.FC1CC2CCCN2C1. The van der Waals surface area contributed by atoms with Crippen molar-refractivity contribution in [1.29, 1.82) is 0 Å². The number of hydrogen-bond acceptors (Lipinski definition) is 9. The first-order valence-corrected chi connectivity index (χ1v) is 16.2. The van der Waals surface area contributed by atoms with Crippen LogP contribution in [0.2, 0.25) is 0 Å². The molecule has 272 valence electrons. The van der Waals surface area contributed by atoms with Crippen LogP contribution in [0.4, 0.5) is 46.6 Å². The molecule has 6 rings (SSSR count). The molecule has 0 bridgehead atoms. The molecular formula is C32H41F8N7O2. The molecule has 0 amide bonds. The number of rotatable bonds is 4. The highest BCUT2D eigenvalue weighted by molar-refractivity contribution is 5.96. The van der Waals surface area contributed by atoms with Crippen molar-refractivity contribution in [3.8, 4) is 23.1 Å². The second kappa shape index (κ2) is 16.3. The van der Waals surface area contributed by atoms with Crippen molar-refractivity contribution in [2.24, 2.45) is 0 Å². The molecule has 4 N–H and O–H groups in total. The van der Waals surface area contributed by atoms with Crippen LogP contribution in [0, 0.1) is 18.6 Å². The van der Waals surface area contributed by atoms with Gasteiger partial charge in [0.05, 0.1) is 12.8 Å². The van der Waals surface area contributed by atoms with Crippen LogP contribution in [0.1, 0.15) is 50.7 Å². The van der Waals surface area contributed by atoms with Crippen LogP contribution in [0.5, 0.6) is 11.9 Å². The van der Waals surface area contributed by atoms with Gasteiger partial charge in [0, 0.05) is 44.1 Å². The molecule has 17 heteroatoms. The molecule has 2 aromatic heterocycles. The summed E-state index contributed by atoms with van der Waals surface area (Å²) in [6.45, 7) is 7.39. The standard InChI is InChI=1S/C23H23F7N6O2.C7H12FN.C2H6/c1-9-10(8-14(24)25)11(7-12(31)16(9)26)18-17(27)19-15-20(36-22(35-19)37-2)33-6-5-32-4-3-13(23(28,29)30)38-21(15)34-18;8-6-4-7-2-1-3-9(7)5-6;1-2/h7,13-14,32H,3-6,8,31H2,1-2H3,(H,33,35,36);6-7H,1-5H2;1-2H3. The van der Waals surface area contributed by atoms with Gasteiger partial charge in [-0.15, -0.1) is 0 Å². The van der Waals surface area contributed by atoms with E-state index in [-0.39, 0.29) is 53.5 Å². The minimum atomic E-state index is -4.84. The number of alkyl halides is 6. The fourth-order valence-corrected chi connectivity index (χ4v) is 6.17. The van der Waals surface area contributed by atoms with Gasteiger partial charge < -0.3 is 25.8 Å².